The Morgan fingerprint density at radius 2 is 2.21 bits per heavy atom. The Balaban J connectivity index is 2.27. The number of unbranched alkanes of at least 4 members (excludes halogenated alkanes) is 1. The third kappa shape index (κ3) is 4.18. The fourth-order valence-electron chi connectivity index (χ4n) is 1.44. The normalized spacial score (nSPS) is 10.7. The number of aromatic nitrogens is 2. The molecule has 0 radical (unpaired) electrons. The first-order valence-electron chi connectivity index (χ1n) is 5.40. The van der Waals surface area contributed by atoms with Gasteiger partial charge in [-0.1, -0.05) is 13.3 Å². The van der Waals surface area contributed by atoms with Gasteiger partial charge in [-0.15, -0.1) is 0 Å². The third-order valence-corrected chi connectivity index (χ3v) is 2.98. The molecule has 3 heteroatoms. The maximum Gasteiger partial charge on any atom is 0.243 e. The number of nitrogens with zero attached hydrogens (tertiary/aromatic N) is 2. The average molecular weight is 213 g/mol. The van der Waals surface area contributed by atoms with Gasteiger partial charge >= 0.3 is 0 Å². The minimum absolute atomic E-state index is 1.15. The Morgan fingerprint density at radius 1 is 1.36 bits per heavy atom. The van der Waals surface area contributed by atoms with Crippen LogP contribution >= 0.6 is 11.8 Å². The number of hydrogen-bond acceptors (Lipinski definition) is 1. The van der Waals surface area contributed by atoms with Crippen molar-refractivity contribution in [3.05, 3.63) is 18.7 Å². The molecule has 0 aliphatic heterocycles. The number of thioether (sulfide) groups is 1. The molecule has 1 heterocycles. The largest absolute Gasteiger partial charge is 0.243 e. The Morgan fingerprint density at radius 3 is 2.93 bits per heavy atom. The van der Waals surface area contributed by atoms with E-state index in [4.69, 9.17) is 0 Å². The van der Waals surface area contributed by atoms with E-state index in [0.717, 1.165) is 13.1 Å². The van der Waals surface area contributed by atoms with Crippen LogP contribution in [0.25, 0.3) is 0 Å². The monoisotopic (exact) mass is 213 g/mol. The minimum Gasteiger partial charge on any atom is -0.237 e. The predicted molar refractivity (Wildman–Crippen MR) is 62.5 cm³/mol. The Hall–Kier alpha value is -0.440. The summed E-state index contributed by atoms with van der Waals surface area (Å²) in [6.45, 7) is 4.54. The molecule has 1 rings (SSSR count). The molecule has 0 bridgehead atoms. The molecule has 0 saturated heterocycles. The van der Waals surface area contributed by atoms with E-state index in [0.29, 0.717) is 0 Å². The summed E-state index contributed by atoms with van der Waals surface area (Å²) in [6.07, 6.45) is 12.5. The summed E-state index contributed by atoms with van der Waals surface area (Å²) in [7, 11) is 0. The van der Waals surface area contributed by atoms with Crippen LogP contribution in [0.15, 0.2) is 18.7 Å². The standard InChI is InChI=1S/C11H21N2S/c1-3-4-6-12-8-9-13(11-12)7-5-10-14-2/h8-9,11H,3-7,10H2,1-2H3/q+1. The Bertz CT molecular complexity index is 245. The van der Waals surface area contributed by atoms with Crippen molar-refractivity contribution in [3.8, 4) is 0 Å². The molecular weight excluding hydrogens is 192 g/mol. The van der Waals surface area contributed by atoms with Crippen LogP contribution < -0.4 is 4.57 Å². The van der Waals surface area contributed by atoms with Gasteiger partial charge in [0.2, 0.25) is 6.33 Å². The van der Waals surface area contributed by atoms with Gasteiger partial charge in [0.1, 0.15) is 12.4 Å². The lowest BCUT2D eigenvalue weighted by molar-refractivity contribution is -0.696. The van der Waals surface area contributed by atoms with Gasteiger partial charge in [-0.05, 0) is 24.9 Å². The lowest BCUT2D eigenvalue weighted by Crippen LogP contribution is -2.31. The van der Waals surface area contributed by atoms with E-state index in [2.05, 4.69) is 41.0 Å². The fourth-order valence-corrected chi connectivity index (χ4v) is 1.85. The van der Waals surface area contributed by atoms with Gasteiger partial charge in [-0.25, -0.2) is 9.13 Å². The van der Waals surface area contributed by atoms with E-state index in [9.17, 15) is 0 Å². The quantitative estimate of drug-likeness (QED) is 0.499. The molecule has 80 valence electrons. The highest BCUT2D eigenvalue weighted by Crippen LogP contribution is 1.96. The molecule has 2 nitrogen and oxygen atoms in total. The molecule has 0 amide bonds. The van der Waals surface area contributed by atoms with Gasteiger partial charge in [0.25, 0.3) is 0 Å². The van der Waals surface area contributed by atoms with Crippen molar-refractivity contribution in [2.75, 3.05) is 12.0 Å². The summed E-state index contributed by atoms with van der Waals surface area (Å²) >= 11 is 1.92. The second-order valence-corrected chi connectivity index (χ2v) is 4.57. The highest BCUT2D eigenvalue weighted by atomic mass is 32.2. The summed E-state index contributed by atoms with van der Waals surface area (Å²) in [5.74, 6) is 1.26. The van der Waals surface area contributed by atoms with Crippen LogP contribution in [-0.2, 0) is 13.1 Å². The molecule has 0 spiro atoms. The summed E-state index contributed by atoms with van der Waals surface area (Å²) in [5, 5.41) is 0. The predicted octanol–water partition coefficient (Wildman–Crippen LogP) is 2.33. The van der Waals surface area contributed by atoms with E-state index in [1.165, 1.54) is 25.0 Å². The molecular formula is C11H21N2S+. The van der Waals surface area contributed by atoms with Crippen molar-refractivity contribution in [1.82, 2.24) is 4.57 Å². The molecule has 0 aliphatic rings. The first-order valence-corrected chi connectivity index (χ1v) is 6.80. The molecule has 0 N–H and O–H groups in total. The smallest absolute Gasteiger partial charge is 0.237 e. The van der Waals surface area contributed by atoms with Crippen LogP contribution in [0.1, 0.15) is 26.2 Å². The molecule has 0 fully saturated rings. The summed E-state index contributed by atoms with van der Waals surface area (Å²) in [5.41, 5.74) is 0. The van der Waals surface area contributed by atoms with E-state index in [1.54, 1.807) is 0 Å². The second kappa shape index (κ2) is 6.93. The fraction of sp³-hybridized carbons (Fsp3) is 0.727. The van der Waals surface area contributed by atoms with Gasteiger partial charge < -0.3 is 0 Å². The summed E-state index contributed by atoms with van der Waals surface area (Å²) < 4.78 is 4.56. The van der Waals surface area contributed by atoms with Crippen LogP contribution in [0.3, 0.4) is 0 Å². The molecule has 0 saturated carbocycles. The zero-order valence-corrected chi connectivity index (χ0v) is 10.1. The molecule has 0 aliphatic carbocycles. The van der Waals surface area contributed by atoms with E-state index in [1.807, 2.05) is 11.8 Å². The maximum absolute atomic E-state index is 2.28. The van der Waals surface area contributed by atoms with E-state index in [-0.39, 0.29) is 0 Å². The molecule has 1 aromatic heterocycles. The third-order valence-electron chi connectivity index (χ3n) is 2.28. The van der Waals surface area contributed by atoms with Crippen LogP contribution in [-0.4, -0.2) is 16.6 Å². The zero-order chi connectivity index (χ0) is 10.2. The van der Waals surface area contributed by atoms with E-state index < -0.39 is 0 Å². The summed E-state index contributed by atoms with van der Waals surface area (Å²) in [6, 6.07) is 0. The zero-order valence-electron chi connectivity index (χ0n) is 9.28. The van der Waals surface area contributed by atoms with Gasteiger partial charge in [-0.3, -0.25) is 0 Å². The number of rotatable bonds is 7. The molecule has 1 aromatic rings. The van der Waals surface area contributed by atoms with E-state index >= 15 is 0 Å². The van der Waals surface area contributed by atoms with Gasteiger partial charge in [-0.2, -0.15) is 11.8 Å². The number of imidazole rings is 1. The summed E-state index contributed by atoms with van der Waals surface area (Å²) in [4.78, 5) is 0. The minimum atomic E-state index is 1.15. The molecule has 0 aromatic carbocycles. The maximum atomic E-state index is 2.28. The van der Waals surface area contributed by atoms with Crippen molar-refractivity contribution >= 4 is 11.8 Å². The van der Waals surface area contributed by atoms with Gasteiger partial charge in [0, 0.05) is 0 Å². The lowest BCUT2D eigenvalue weighted by Gasteiger charge is -1.95. The van der Waals surface area contributed by atoms with Crippen molar-refractivity contribution in [2.45, 2.75) is 39.3 Å². The van der Waals surface area contributed by atoms with Gasteiger partial charge in [0.15, 0.2) is 0 Å². The first kappa shape index (κ1) is 11.6. The van der Waals surface area contributed by atoms with Crippen LogP contribution in [0.4, 0.5) is 0 Å². The molecule has 0 atom stereocenters. The van der Waals surface area contributed by atoms with Gasteiger partial charge in [0.05, 0.1) is 13.1 Å². The van der Waals surface area contributed by atoms with Crippen LogP contribution in [0.2, 0.25) is 0 Å². The highest BCUT2D eigenvalue weighted by Gasteiger charge is 2.01. The lowest BCUT2D eigenvalue weighted by atomic mass is 10.3. The van der Waals surface area contributed by atoms with Crippen LogP contribution in [0.5, 0.6) is 0 Å². The Labute approximate surface area is 91.3 Å². The first-order chi connectivity index (χ1) is 6.86. The van der Waals surface area contributed by atoms with Crippen LogP contribution in [0, 0.1) is 0 Å². The highest BCUT2D eigenvalue weighted by molar-refractivity contribution is 7.98. The number of aryl methyl sites for hydroxylation is 2. The topological polar surface area (TPSA) is 8.81 Å². The number of hydrogen-bond donors (Lipinski definition) is 0. The average Bonchev–Trinajstić information content (AvgIpc) is 2.63. The molecule has 0 unspecified atom stereocenters. The van der Waals surface area contributed by atoms with Crippen molar-refractivity contribution in [2.24, 2.45) is 0 Å². The SMILES string of the molecule is CCCCn1cc[n+](CCCSC)c1. The second-order valence-electron chi connectivity index (χ2n) is 3.59. The molecule has 14 heavy (non-hydrogen) atoms. The van der Waals surface area contributed by atoms with Crippen molar-refractivity contribution in [1.29, 1.82) is 0 Å². The Kier molecular flexibility index (Phi) is 5.76. The van der Waals surface area contributed by atoms with Crippen molar-refractivity contribution < 1.29 is 4.57 Å². The van der Waals surface area contributed by atoms with Crippen molar-refractivity contribution in [3.63, 3.8) is 0 Å².